The Hall–Kier alpha value is -3.85. The quantitative estimate of drug-likeness (QED) is 0.452. The molecule has 2 bridgehead atoms. The molecule has 1 aliphatic carbocycles. The molecule has 2 aliphatic heterocycles. The average Bonchev–Trinajstić information content (AvgIpc) is 3.36. The van der Waals surface area contributed by atoms with Crippen molar-refractivity contribution in [2.75, 3.05) is 13.6 Å². The Kier molecular flexibility index (Phi) is 4.66. The van der Waals surface area contributed by atoms with E-state index in [9.17, 15) is 13.6 Å². The first-order chi connectivity index (χ1) is 17.5. The molecule has 182 valence electrons. The lowest BCUT2D eigenvalue weighted by molar-refractivity contribution is -0.0506. The molecule has 9 heteroatoms. The number of hydrogen-bond acceptors (Lipinski definition) is 5. The number of halogens is 2. The number of pyridine rings is 2. The van der Waals surface area contributed by atoms with E-state index in [1.807, 2.05) is 28.9 Å². The first-order valence-corrected chi connectivity index (χ1v) is 12.1. The Morgan fingerprint density at radius 1 is 1.14 bits per heavy atom. The number of nitrogens with one attached hydrogen (secondary N) is 1. The molecule has 3 unspecified atom stereocenters. The standard InChI is InChI=1S/C27H23F2N5O2/c1-33-20-11-17(23-16(26(33)35)3-2-4-21(23)36-27(28)29)25-24(20)32-22-8-6-15(13-34(22)25)14-5-7-18(31-12-14)19-9-10-30-19/h2-8,12-13,17,19-20,27,30H,9-11H2,1H3. The fourth-order valence-electron chi connectivity index (χ4n) is 5.83. The predicted molar refractivity (Wildman–Crippen MR) is 128 cm³/mol. The molecule has 0 spiro atoms. The fraction of sp³-hybridized carbons (Fsp3) is 0.296. The highest BCUT2D eigenvalue weighted by molar-refractivity contribution is 5.98. The van der Waals surface area contributed by atoms with Crippen LogP contribution >= 0.6 is 0 Å². The highest BCUT2D eigenvalue weighted by atomic mass is 19.3. The van der Waals surface area contributed by atoms with Crippen molar-refractivity contribution in [3.63, 3.8) is 0 Å². The zero-order valence-electron chi connectivity index (χ0n) is 19.5. The maximum Gasteiger partial charge on any atom is 0.387 e. The summed E-state index contributed by atoms with van der Waals surface area (Å²) in [7, 11) is 1.74. The summed E-state index contributed by atoms with van der Waals surface area (Å²) in [5.74, 6) is -0.481. The molecule has 7 nitrogen and oxygen atoms in total. The van der Waals surface area contributed by atoms with Crippen LogP contribution in [0.25, 0.3) is 16.8 Å². The molecule has 1 saturated heterocycles. The molecule has 5 heterocycles. The highest BCUT2D eigenvalue weighted by Crippen LogP contribution is 2.52. The van der Waals surface area contributed by atoms with E-state index in [1.54, 1.807) is 24.1 Å². The minimum Gasteiger partial charge on any atom is -0.434 e. The number of amides is 1. The number of carbonyl (C=O) groups excluding carboxylic acids is 1. The van der Waals surface area contributed by atoms with Gasteiger partial charge >= 0.3 is 6.61 Å². The number of carbonyl (C=O) groups is 1. The molecule has 36 heavy (non-hydrogen) atoms. The topological polar surface area (TPSA) is 71.8 Å². The van der Waals surface area contributed by atoms with Gasteiger partial charge in [0.05, 0.1) is 29.2 Å². The molecule has 1 N–H and O–H groups in total. The average molecular weight is 488 g/mol. The van der Waals surface area contributed by atoms with Crippen molar-refractivity contribution in [2.45, 2.75) is 37.5 Å². The zero-order valence-corrected chi connectivity index (χ0v) is 19.5. The third-order valence-corrected chi connectivity index (χ3v) is 7.74. The summed E-state index contributed by atoms with van der Waals surface area (Å²) < 4.78 is 33.5. The van der Waals surface area contributed by atoms with E-state index in [-0.39, 0.29) is 23.6 Å². The molecule has 7 rings (SSSR count). The van der Waals surface area contributed by atoms with E-state index in [4.69, 9.17) is 9.72 Å². The Balaban J connectivity index is 1.37. The van der Waals surface area contributed by atoms with Crippen LogP contribution in [0, 0.1) is 0 Å². The highest BCUT2D eigenvalue weighted by Gasteiger charge is 2.46. The van der Waals surface area contributed by atoms with Gasteiger partial charge in [-0.15, -0.1) is 0 Å². The van der Waals surface area contributed by atoms with Crippen LogP contribution in [0.4, 0.5) is 8.78 Å². The van der Waals surface area contributed by atoms with Gasteiger partial charge in [0.15, 0.2) is 0 Å². The minimum absolute atomic E-state index is 0.0400. The van der Waals surface area contributed by atoms with E-state index in [1.165, 1.54) is 6.07 Å². The van der Waals surface area contributed by atoms with E-state index in [0.717, 1.165) is 46.8 Å². The number of fused-ring (bicyclic) bond motifs is 9. The second-order valence-electron chi connectivity index (χ2n) is 9.61. The first kappa shape index (κ1) is 21.4. The van der Waals surface area contributed by atoms with Crippen LogP contribution in [0.15, 0.2) is 54.9 Å². The summed E-state index contributed by atoms with van der Waals surface area (Å²) in [6.45, 7) is -1.96. The van der Waals surface area contributed by atoms with Crippen LogP contribution in [0.1, 0.15) is 63.8 Å². The number of aromatic nitrogens is 3. The summed E-state index contributed by atoms with van der Waals surface area (Å²) in [5, 5.41) is 3.37. The predicted octanol–water partition coefficient (Wildman–Crippen LogP) is 4.69. The summed E-state index contributed by atoms with van der Waals surface area (Å²) in [6.07, 6.45) is 5.56. The Labute approximate surface area is 205 Å². The van der Waals surface area contributed by atoms with Crippen LogP contribution in [0.3, 0.4) is 0 Å². The summed E-state index contributed by atoms with van der Waals surface area (Å²) in [6, 6.07) is 12.9. The fourth-order valence-corrected chi connectivity index (χ4v) is 5.83. The molecular weight excluding hydrogens is 464 g/mol. The lowest BCUT2D eigenvalue weighted by Gasteiger charge is -2.26. The lowest BCUT2D eigenvalue weighted by Crippen LogP contribution is -2.35. The third-order valence-electron chi connectivity index (χ3n) is 7.74. The van der Waals surface area contributed by atoms with Gasteiger partial charge in [0.25, 0.3) is 5.91 Å². The van der Waals surface area contributed by atoms with Crippen molar-refractivity contribution < 1.29 is 18.3 Å². The number of benzene rings is 1. The maximum absolute atomic E-state index is 13.3. The van der Waals surface area contributed by atoms with Crippen LogP contribution < -0.4 is 10.1 Å². The van der Waals surface area contributed by atoms with Crippen molar-refractivity contribution in [3.8, 4) is 16.9 Å². The smallest absolute Gasteiger partial charge is 0.387 e. The third kappa shape index (κ3) is 3.08. The van der Waals surface area contributed by atoms with Gasteiger partial charge in [0, 0.05) is 47.6 Å². The number of ether oxygens (including phenoxy) is 1. The van der Waals surface area contributed by atoms with Gasteiger partial charge < -0.3 is 19.4 Å². The van der Waals surface area contributed by atoms with Crippen LogP contribution in [-0.2, 0) is 0 Å². The van der Waals surface area contributed by atoms with Crippen molar-refractivity contribution in [2.24, 2.45) is 0 Å². The van der Waals surface area contributed by atoms with Gasteiger partial charge in [-0.05, 0) is 49.7 Å². The van der Waals surface area contributed by atoms with E-state index >= 15 is 0 Å². The molecule has 1 fully saturated rings. The largest absolute Gasteiger partial charge is 0.434 e. The molecule has 3 aromatic heterocycles. The van der Waals surface area contributed by atoms with Gasteiger partial charge in [-0.3, -0.25) is 9.78 Å². The van der Waals surface area contributed by atoms with Gasteiger partial charge in [-0.25, -0.2) is 4.98 Å². The summed E-state index contributed by atoms with van der Waals surface area (Å²) in [4.78, 5) is 24.5. The molecular formula is C27H23F2N5O2. The van der Waals surface area contributed by atoms with Gasteiger partial charge in [-0.1, -0.05) is 12.1 Å². The SMILES string of the molecule is CN1C(=O)c2cccc(OC(F)F)c2C2CC1c1nc3ccc(-c4ccc(C5CCN5)nc4)cn3c12. The lowest BCUT2D eigenvalue weighted by atomic mass is 9.91. The zero-order chi connectivity index (χ0) is 24.6. The van der Waals surface area contributed by atoms with Crippen LogP contribution in [-0.4, -0.2) is 45.4 Å². The van der Waals surface area contributed by atoms with Crippen LogP contribution in [0.2, 0.25) is 0 Å². The number of hydrogen-bond donors (Lipinski definition) is 1. The molecule has 1 amide bonds. The van der Waals surface area contributed by atoms with Gasteiger partial charge in [0.2, 0.25) is 0 Å². The van der Waals surface area contributed by atoms with E-state index < -0.39 is 6.61 Å². The summed E-state index contributed by atoms with van der Waals surface area (Å²) in [5.41, 5.74) is 6.35. The number of nitrogens with zero attached hydrogens (tertiary/aromatic N) is 4. The maximum atomic E-state index is 13.3. The second kappa shape index (κ2) is 7.83. The molecule has 4 aromatic rings. The van der Waals surface area contributed by atoms with Crippen molar-refractivity contribution >= 4 is 11.6 Å². The Morgan fingerprint density at radius 3 is 2.69 bits per heavy atom. The number of alkyl halides is 2. The normalized spacial score (nSPS) is 22.4. The van der Waals surface area contributed by atoms with E-state index in [2.05, 4.69) is 22.4 Å². The van der Waals surface area contributed by atoms with Crippen molar-refractivity contribution in [3.05, 3.63) is 83.1 Å². The monoisotopic (exact) mass is 487 g/mol. The van der Waals surface area contributed by atoms with Crippen molar-refractivity contribution in [1.29, 1.82) is 0 Å². The molecule has 0 radical (unpaired) electrons. The molecule has 3 atom stereocenters. The van der Waals surface area contributed by atoms with Crippen LogP contribution in [0.5, 0.6) is 5.75 Å². The Morgan fingerprint density at radius 2 is 1.97 bits per heavy atom. The molecule has 1 aromatic carbocycles. The summed E-state index contributed by atoms with van der Waals surface area (Å²) >= 11 is 0. The minimum atomic E-state index is -2.98. The molecule has 0 saturated carbocycles. The number of rotatable bonds is 4. The van der Waals surface area contributed by atoms with E-state index in [0.29, 0.717) is 23.6 Å². The number of imidazole rings is 1. The second-order valence-corrected chi connectivity index (χ2v) is 9.61. The van der Waals surface area contributed by atoms with Crippen molar-refractivity contribution in [1.82, 2.24) is 24.6 Å². The first-order valence-electron chi connectivity index (χ1n) is 12.1. The van der Waals surface area contributed by atoms with Gasteiger partial charge in [-0.2, -0.15) is 8.78 Å². The van der Waals surface area contributed by atoms with Gasteiger partial charge in [0.1, 0.15) is 11.4 Å². The Bertz CT molecular complexity index is 1510. The molecule has 3 aliphatic rings.